The van der Waals surface area contributed by atoms with Gasteiger partial charge >= 0.3 is 5.69 Å². The number of nitrogens with zero attached hydrogens (tertiary/aromatic N) is 1. The first-order valence-electron chi connectivity index (χ1n) is 5.13. The van der Waals surface area contributed by atoms with Gasteiger partial charge in [-0.2, -0.15) is 5.10 Å². The van der Waals surface area contributed by atoms with Crippen molar-refractivity contribution < 1.29 is 0 Å². The molecule has 1 saturated heterocycles. The maximum Gasteiger partial charge on any atom is 0.340 e. The Labute approximate surface area is 82.3 Å². The van der Waals surface area contributed by atoms with E-state index < -0.39 is 0 Å². The maximum absolute atomic E-state index is 11.0. The van der Waals surface area contributed by atoms with Crippen LogP contribution >= 0.6 is 0 Å². The smallest absolute Gasteiger partial charge is 0.316 e. The zero-order valence-corrected chi connectivity index (χ0v) is 8.39. The van der Waals surface area contributed by atoms with Gasteiger partial charge in [-0.3, -0.25) is 4.98 Å². The lowest BCUT2D eigenvalue weighted by atomic mass is 9.78. The van der Waals surface area contributed by atoms with Gasteiger partial charge in [0, 0.05) is 12.0 Å². The van der Waals surface area contributed by atoms with Gasteiger partial charge in [-0.05, 0) is 25.8 Å². The van der Waals surface area contributed by atoms with Crippen LogP contribution in [0, 0.1) is 0 Å². The summed E-state index contributed by atoms with van der Waals surface area (Å²) >= 11 is 0. The van der Waals surface area contributed by atoms with Crippen LogP contribution in [-0.4, -0.2) is 28.3 Å². The van der Waals surface area contributed by atoms with Gasteiger partial charge in [0.2, 0.25) is 0 Å². The summed E-state index contributed by atoms with van der Waals surface area (Å²) in [5, 5.41) is 9.84. The summed E-state index contributed by atoms with van der Waals surface area (Å²) in [5.74, 6) is 0.803. The lowest BCUT2D eigenvalue weighted by Crippen LogP contribution is -2.43. The molecule has 1 fully saturated rings. The van der Waals surface area contributed by atoms with E-state index >= 15 is 0 Å². The van der Waals surface area contributed by atoms with E-state index in [1.54, 1.807) is 0 Å². The fourth-order valence-corrected chi connectivity index (χ4v) is 2.16. The van der Waals surface area contributed by atoms with Crippen LogP contribution in [0.25, 0.3) is 0 Å². The molecule has 0 radical (unpaired) electrons. The molecular weight excluding hydrogens is 180 g/mol. The van der Waals surface area contributed by atoms with Crippen LogP contribution in [0.2, 0.25) is 0 Å². The predicted molar refractivity (Wildman–Crippen MR) is 53.3 cm³/mol. The summed E-state index contributed by atoms with van der Waals surface area (Å²) in [6, 6.07) is 0. The van der Waals surface area contributed by atoms with Crippen LogP contribution in [0.3, 0.4) is 0 Å². The van der Waals surface area contributed by atoms with E-state index in [9.17, 15) is 4.79 Å². The Kier molecular flexibility index (Phi) is 2.41. The number of H-pyrrole nitrogens is 2. The third-order valence-corrected chi connectivity index (χ3v) is 3.15. The molecule has 1 aliphatic heterocycles. The molecule has 5 heteroatoms. The number of nitrogens with one attached hydrogen (secondary N) is 3. The molecule has 0 saturated carbocycles. The van der Waals surface area contributed by atoms with E-state index in [2.05, 4.69) is 27.4 Å². The first-order valence-corrected chi connectivity index (χ1v) is 5.13. The van der Waals surface area contributed by atoms with Gasteiger partial charge in [0.1, 0.15) is 5.82 Å². The first-order chi connectivity index (χ1) is 6.77. The molecular formula is C9H16N4O. The molecule has 1 unspecified atom stereocenters. The van der Waals surface area contributed by atoms with Crippen molar-refractivity contribution in [3.8, 4) is 0 Å². The molecule has 1 aliphatic rings. The average Bonchev–Trinajstić information content (AvgIpc) is 2.66. The minimum Gasteiger partial charge on any atom is -0.316 e. The Morgan fingerprint density at radius 1 is 1.57 bits per heavy atom. The van der Waals surface area contributed by atoms with Crippen molar-refractivity contribution in [3.05, 3.63) is 16.3 Å². The number of rotatable bonds is 2. The molecule has 0 spiro atoms. The van der Waals surface area contributed by atoms with E-state index in [0.717, 1.165) is 38.2 Å². The second-order valence-electron chi connectivity index (χ2n) is 3.94. The largest absolute Gasteiger partial charge is 0.340 e. The molecule has 14 heavy (non-hydrogen) atoms. The van der Waals surface area contributed by atoms with Crippen molar-refractivity contribution in [1.29, 1.82) is 0 Å². The Bertz CT molecular complexity index is 348. The van der Waals surface area contributed by atoms with Gasteiger partial charge in [-0.15, -0.1) is 0 Å². The molecule has 0 amide bonds. The molecule has 1 aromatic rings. The van der Waals surface area contributed by atoms with E-state index in [1.165, 1.54) is 0 Å². The second-order valence-corrected chi connectivity index (χ2v) is 3.94. The van der Waals surface area contributed by atoms with Crippen LogP contribution in [-0.2, 0) is 5.41 Å². The Hall–Kier alpha value is -1.10. The number of piperidine rings is 1. The van der Waals surface area contributed by atoms with Crippen molar-refractivity contribution in [3.63, 3.8) is 0 Å². The molecule has 5 nitrogen and oxygen atoms in total. The van der Waals surface area contributed by atoms with Gasteiger partial charge in [-0.25, -0.2) is 9.89 Å². The van der Waals surface area contributed by atoms with E-state index in [1.807, 2.05) is 0 Å². The second kappa shape index (κ2) is 3.57. The lowest BCUT2D eigenvalue weighted by Gasteiger charge is -2.34. The molecule has 2 rings (SSSR count). The van der Waals surface area contributed by atoms with Crippen LogP contribution < -0.4 is 11.0 Å². The molecule has 0 aromatic carbocycles. The van der Waals surface area contributed by atoms with Crippen molar-refractivity contribution in [2.45, 2.75) is 31.6 Å². The Morgan fingerprint density at radius 3 is 2.93 bits per heavy atom. The molecule has 1 atom stereocenters. The van der Waals surface area contributed by atoms with Gasteiger partial charge in [0.05, 0.1) is 0 Å². The van der Waals surface area contributed by atoms with Crippen LogP contribution in [0.4, 0.5) is 0 Å². The average molecular weight is 196 g/mol. The Morgan fingerprint density at radius 2 is 2.43 bits per heavy atom. The fourth-order valence-electron chi connectivity index (χ4n) is 2.16. The third kappa shape index (κ3) is 1.48. The zero-order valence-electron chi connectivity index (χ0n) is 8.39. The fraction of sp³-hybridized carbons (Fsp3) is 0.778. The van der Waals surface area contributed by atoms with Gasteiger partial charge < -0.3 is 5.32 Å². The monoisotopic (exact) mass is 196 g/mol. The SMILES string of the molecule is CCC1(c2n[nH]c(=O)[nH]2)CCCNC1. The highest BCUT2D eigenvalue weighted by Crippen LogP contribution is 2.31. The van der Waals surface area contributed by atoms with Gasteiger partial charge in [0.25, 0.3) is 0 Å². The summed E-state index contributed by atoms with van der Waals surface area (Å²) in [7, 11) is 0. The molecule has 3 N–H and O–H groups in total. The normalized spacial score (nSPS) is 27.8. The summed E-state index contributed by atoms with van der Waals surface area (Å²) in [5.41, 5.74) is -0.185. The minimum atomic E-state index is -0.210. The summed E-state index contributed by atoms with van der Waals surface area (Å²) < 4.78 is 0. The van der Waals surface area contributed by atoms with Crippen LogP contribution in [0.5, 0.6) is 0 Å². The van der Waals surface area contributed by atoms with Crippen LogP contribution in [0.1, 0.15) is 32.0 Å². The summed E-state index contributed by atoms with van der Waals surface area (Å²) in [6.07, 6.45) is 3.24. The molecule has 0 bridgehead atoms. The predicted octanol–water partition coefficient (Wildman–Crippen LogP) is 0.129. The van der Waals surface area contributed by atoms with Crippen molar-refractivity contribution in [2.24, 2.45) is 0 Å². The highest BCUT2D eigenvalue weighted by Gasteiger charge is 2.35. The Balaban J connectivity index is 2.31. The van der Waals surface area contributed by atoms with Crippen molar-refractivity contribution in [2.75, 3.05) is 13.1 Å². The molecule has 78 valence electrons. The summed E-state index contributed by atoms with van der Waals surface area (Å²) in [6.45, 7) is 4.11. The minimum absolute atomic E-state index is 0.0252. The highest BCUT2D eigenvalue weighted by molar-refractivity contribution is 5.08. The number of hydrogen-bond donors (Lipinski definition) is 3. The molecule has 1 aromatic heterocycles. The number of aromatic amines is 2. The van der Waals surface area contributed by atoms with Crippen molar-refractivity contribution in [1.82, 2.24) is 20.5 Å². The maximum atomic E-state index is 11.0. The highest BCUT2D eigenvalue weighted by atomic mass is 16.1. The third-order valence-electron chi connectivity index (χ3n) is 3.15. The van der Waals surface area contributed by atoms with Gasteiger partial charge in [0.15, 0.2) is 0 Å². The van der Waals surface area contributed by atoms with Crippen molar-refractivity contribution >= 4 is 0 Å². The van der Waals surface area contributed by atoms with E-state index in [-0.39, 0.29) is 11.1 Å². The zero-order chi connectivity index (χ0) is 10.0. The summed E-state index contributed by atoms with van der Waals surface area (Å²) in [4.78, 5) is 13.8. The number of aromatic nitrogens is 3. The molecule has 2 heterocycles. The van der Waals surface area contributed by atoms with Crippen LogP contribution in [0.15, 0.2) is 4.79 Å². The lowest BCUT2D eigenvalue weighted by molar-refractivity contribution is 0.288. The molecule has 0 aliphatic carbocycles. The number of hydrogen-bond acceptors (Lipinski definition) is 3. The standard InChI is InChI=1S/C9H16N4O/c1-2-9(4-3-5-10-6-9)7-11-8(14)13-12-7/h10H,2-6H2,1H3,(H2,11,12,13,14). The van der Waals surface area contributed by atoms with E-state index in [4.69, 9.17) is 0 Å². The topological polar surface area (TPSA) is 73.6 Å². The van der Waals surface area contributed by atoms with E-state index in [0.29, 0.717) is 0 Å². The van der Waals surface area contributed by atoms with Gasteiger partial charge in [-0.1, -0.05) is 6.92 Å². The quantitative estimate of drug-likeness (QED) is 0.629. The first kappa shape index (κ1) is 9.45.